The Morgan fingerprint density at radius 1 is 1.25 bits per heavy atom. The smallest absolute Gasteiger partial charge is 0.306 e. The Bertz CT molecular complexity index is 999. The number of hydrogen-bond donors (Lipinski definition) is 1. The van der Waals surface area contributed by atoms with Gasteiger partial charge < -0.3 is 5.32 Å². The number of aromatic nitrogens is 4. The lowest BCUT2D eigenvalue weighted by Crippen LogP contribution is -2.25. The van der Waals surface area contributed by atoms with Gasteiger partial charge in [0.2, 0.25) is 5.91 Å². The standard InChI is InChI=1S/C17H16Cl2N6O3/c1-11(7-23-9-14(6-20-23)25(27)28)17(26)21-16-15(19)10-24(22-16)8-12-2-4-13(18)5-3-12/h2-6,9-11H,7-8H2,1H3,(H,21,22,26). The van der Waals surface area contributed by atoms with Gasteiger partial charge in [-0.25, -0.2) is 0 Å². The normalized spacial score (nSPS) is 12.0. The van der Waals surface area contributed by atoms with Gasteiger partial charge in [0, 0.05) is 11.2 Å². The van der Waals surface area contributed by atoms with Crippen LogP contribution in [0.1, 0.15) is 12.5 Å². The molecule has 9 nitrogen and oxygen atoms in total. The second-order valence-electron chi connectivity index (χ2n) is 6.22. The van der Waals surface area contributed by atoms with Gasteiger partial charge in [0.1, 0.15) is 17.4 Å². The lowest BCUT2D eigenvalue weighted by Gasteiger charge is -2.10. The maximum absolute atomic E-state index is 12.4. The van der Waals surface area contributed by atoms with E-state index in [1.54, 1.807) is 29.9 Å². The van der Waals surface area contributed by atoms with Crippen molar-refractivity contribution < 1.29 is 9.72 Å². The van der Waals surface area contributed by atoms with Crippen LogP contribution in [-0.2, 0) is 17.9 Å². The van der Waals surface area contributed by atoms with Crippen LogP contribution in [0.3, 0.4) is 0 Å². The third-order valence-electron chi connectivity index (χ3n) is 3.96. The Morgan fingerprint density at radius 2 is 1.96 bits per heavy atom. The molecule has 1 amide bonds. The topological polar surface area (TPSA) is 108 Å². The Labute approximate surface area is 170 Å². The van der Waals surface area contributed by atoms with Crippen molar-refractivity contribution in [2.45, 2.75) is 20.0 Å². The first-order valence-electron chi connectivity index (χ1n) is 8.27. The van der Waals surface area contributed by atoms with Gasteiger partial charge in [0.15, 0.2) is 5.82 Å². The van der Waals surface area contributed by atoms with Gasteiger partial charge in [-0.2, -0.15) is 10.2 Å². The summed E-state index contributed by atoms with van der Waals surface area (Å²) >= 11 is 12.0. The summed E-state index contributed by atoms with van der Waals surface area (Å²) in [7, 11) is 0. The molecule has 0 aliphatic rings. The average Bonchev–Trinajstić information content (AvgIpc) is 3.24. The maximum Gasteiger partial charge on any atom is 0.306 e. The maximum atomic E-state index is 12.4. The van der Waals surface area contributed by atoms with E-state index >= 15 is 0 Å². The molecule has 1 aromatic carbocycles. The van der Waals surface area contributed by atoms with E-state index < -0.39 is 10.8 Å². The van der Waals surface area contributed by atoms with Crippen LogP contribution in [0.2, 0.25) is 10.0 Å². The van der Waals surface area contributed by atoms with Crippen molar-refractivity contribution in [1.82, 2.24) is 19.6 Å². The summed E-state index contributed by atoms with van der Waals surface area (Å²) in [4.78, 5) is 22.6. The molecular weight excluding hydrogens is 407 g/mol. The first-order valence-corrected chi connectivity index (χ1v) is 9.02. The molecule has 2 aromatic heterocycles. The second-order valence-corrected chi connectivity index (χ2v) is 7.06. The summed E-state index contributed by atoms with van der Waals surface area (Å²) in [5.74, 6) is -0.576. The zero-order chi connectivity index (χ0) is 20.3. The second kappa shape index (κ2) is 8.41. The molecule has 2 heterocycles. The average molecular weight is 423 g/mol. The van der Waals surface area contributed by atoms with E-state index in [4.69, 9.17) is 23.2 Å². The number of rotatable bonds is 7. The van der Waals surface area contributed by atoms with Crippen LogP contribution in [0.15, 0.2) is 42.9 Å². The summed E-state index contributed by atoms with van der Waals surface area (Å²) < 4.78 is 2.96. The van der Waals surface area contributed by atoms with Crippen LogP contribution in [0.25, 0.3) is 0 Å². The van der Waals surface area contributed by atoms with Gasteiger partial charge in [-0.3, -0.25) is 24.3 Å². The van der Waals surface area contributed by atoms with E-state index in [0.29, 0.717) is 16.6 Å². The monoisotopic (exact) mass is 422 g/mol. The number of carbonyl (C=O) groups excluding carboxylic acids is 1. The van der Waals surface area contributed by atoms with Gasteiger partial charge in [-0.1, -0.05) is 42.3 Å². The number of carbonyl (C=O) groups is 1. The van der Waals surface area contributed by atoms with Gasteiger partial charge in [0.25, 0.3) is 0 Å². The Morgan fingerprint density at radius 3 is 2.61 bits per heavy atom. The van der Waals surface area contributed by atoms with Gasteiger partial charge in [0.05, 0.1) is 23.9 Å². The fraction of sp³-hybridized carbons (Fsp3) is 0.235. The number of nitrogens with zero attached hydrogens (tertiary/aromatic N) is 5. The van der Waals surface area contributed by atoms with Crippen LogP contribution in [-0.4, -0.2) is 30.4 Å². The third kappa shape index (κ3) is 4.87. The highest BCUT2D eigenvalue weighted by atomic mass is 35.5. The van der Waals surface area contributed by atoms with Crippen LogP contribution in [0.5, 0.6) is 0 Å². The number of anilines is 1. The molecule has 3 rings (SSSR count). The Hall–Kier alpha value is -2.91. The molecule has 146 valence electrons. The van der Waals surface area contributed by atoms with E-state index in [0.717, 1.165) is 11.8 Å². The van der Waals surface area contributed by atoms with E-state index in [2.05, 4.69) is 15.5 Å². The van der Waals surface area contributed by atoms with Crippen molar-refractivity contribution in [2.24, 2.45) is 5.92 Å². The minimum atomic E-state index is -0.540. The molecule has 0 fully saturated rings. The fourth-order valence-corrected chi connectivity index (χ4v) is 2.81. The SMILES string of the molecule is CC(Cn1cc([N+](=O)[O-])cn1)C(=O)Nc1nn(Cc2ccc(Cl)cc2)cc1Cl. The first-order chi connectivity index (χ1) is 13.3. The van der Waals surface area contributed by atoms with Crippen molar-refractivity contribution in [3.05, 3.63) is 68.6 Å². The van der Waals surface area contributed by atoms with E-state index in [1.807, 2.05) is 12.1 Å². The first kappa shape index (κ1) is 19.8. The Kier molecular flexibility index (Phi) is 5.96. The van der Waals surface area contributed by atoms with Gasteiger partial charge in [-0.05, 0) is 17.7 Å². The molecule has 0 radical (unpaired) electrons. The predicted molar refractivity (Wildman–Crippen MR) is 104 cm³/mol. The summed E-state index contributed by atoms with van der Waals surface area (Å²) in [5.41, 5.74) is 0.853. The van der Waals surface area contributed by atoms with Crippen molar-refractivity contribution >= 4 is 40.6 Å². The minimum Gasteiger partial charge on any atom is -0.308 e. The summed E-state index contributed by atoms with van der Waals surface area (Å²) in [5, 5.41) is 22.5. The molecule has 1 N–H and O–H groups in total. The highest BCUT2D eigenvalue weighted by Gasteiger charge is 2.19. The number of halogens is 2. The molecule has 0 saturated heterocycles. The van der Waals surface area contributed by atoms with Crippen molar-refractivity contribution in [2.75, 3.05) is 5.32 Å². The fourth-order valence-electron chi connectivity index (χ4n) is 2.49. The summed E-state index contributed by atoms with van der Waals surface area (Å²) in [6, 6.07) is 7.32. The highest BCUT2D eigenvalue weighted by molar-refractivity contribution is 6.33. The summed E-state index contributed by atoms with van der Waals surface area (Å²) in [6.07, 6.45) is 4.03. The molecule has 1 unspecified atom stereocenters. The molecule has 0 bridgehead atoms. The molecule has 28 heavy (non-hydrogen) atoms. The van der Waals surface area contributed by atoms with E-state index in [-0.39, 0.29) is 24.0 Å². The molecule has 0 aliphatic carbocycles. The zero-order valence-corrected chi connectivity index (χ0v) is 16.3. The van der Waals surface area contributed by atoms with E-state index in [1.165, 1.54) is 10.9 Å². The van der Waals surface area contributed by atoms with Crippen molar-refractivity contribution in [3.8, 4) is 0 Å². The number of amides is 1. The van der Waals surface area contributed by atoms with Crippen LogP contribution < -0.4 is 5.32 Å². The van der Waals surface area contributed by atoms with E-state index in [9.17, 15) is 14.9 Å². The molecule has 1 atom stereocenters. The number of hydrogen-bond acceptors (Lipinski definition) is 5. The van der Waals surface area contributed by atoms with Gasteiger partial charge in [-0.15, -0.1) is 0 Å². The lowest BCUT2D eigenvalue weighted by molar-refractivity contribution is -0.385. The molecule has 11 heteroatoms. The molecule has 0 spiro atoms. The molecular formula is C17H16Cl2N6O3. The Balaban J connectivity index is 1.62. The van der Waals surface area contributed by atoms with Crippen LogP contribution in [0.4, 0.5) is 11.5 Å². The predicted octanol–water partition coefficient (Wildman–Crippen LogP) is 3.62. The number of benzene rings is 1. The number of nitro groups is 1. The molecule has 0 aliphatic heterocycles. The van der Waals surface area contributed by atoms with Gasteiger partial charge >= 0.3 is 5.69 Å². The number of nitrogens with one attached hydrogen (secondary N) is 1. The largest absolute Gasteiger partial charge is 0.308 e. The quantitative estimate of drug-likeness (QED) is 0.461. The highest BCUT2D eigenvalue weighted by Crippen LogP contribution is 2.21. The lowest BCUT2D eigenvalue weighted by atomic mass is 10.1. The van der Waals surface area contributed by atoms with Crippen molar-refractivity contribution in [3.63, 3.8) is 0 Å². The zero-order valence-electron chi connectivity index (χ0n) is 14.7. The summed E-state index contributed by atoms with van der Waals surface area (Å²) in [6.45, 7) is 2.34. The molecule has 0 saturated carbocycles. The van der Waals surface area contributed by atoms with Crippen LogP contribution in [0, 0.1) is 16.0 Å². The van der Waals surface area contributed by atoms with Crippen LogP contribution >= 0.6 is 23.2 Å². The van der Waals surface area contributed by atoms with Crippen molar-refractivity contribution in [1.29, 1.82) is 0 Å². The third-order valence-corrected chi connectivity index (χ3v) is 4.48. The molecule has 3 aromatic rings. The minimum absolute atomic E-state index is 0.128.